The summed E-state index contributed by atoms with van der Waals surface area (Å²) in [6.45, 7) is 7.05. The average Bonchev–Trinajstić information content (AvgIpc) is 3.69. The maximum absolute atomic E-state index is 13.3. The molecular formula is C28H39N3O5S. The Balaban J connectivity index is 1.59. The molecule has 1 fully saturated rings. The molecule has 202 valence electrons. The van der Waals surface area contributed by atoms with Gasteiger partial charge in [-0.25, -0.2) is 13.1 Å². The number of nitrogens with zero attached hydrogens (tertiary/aromatic N) is 1. The van der Waals surface area contributed by atoms with E-state index in [9.17, 15) is 18.0 Å². The third kappa shape index (κ3) is 9.57. The lowest BCUT2D eigenvalue weighted by Gasteiger charge is -2.29. The third-order valence-corrected chi connectivity index (χ3v) is 7.73. The van der Waals surface area contributed by atoms with Crippen LogP contribution in [0.2, 0.25) is 0 Å². The summed E-state index contributed by atoms with van der Waals surface area (Å²) in [4.78, 5) is 28.0. The molecule has 1 atom stereocenters. The molecule has 0 spiro atoms. The van der Waals surface area contributed by atoms with E-state index in [1.807, 2.05) is 44.2 Å². The number of carbonyl (C=O) groups excluding carboxylic acids is 2. The number of benzene rings is 2. The maximum Gasteiger partial charge on any atom is 0.242 e. The van der Waals surface area contributed by atoms with Gasteiger partial charge in [0.2, 0.25) is 21.8 Å². The molecule has 3 rings (SSSR count). The Bertz CT molecular complexity index is 1120. The molecule has 1 aliphatic carbocycles. The predicted molar refractivity (Wildman–Crippen MR) is 143 cm³/mol. The second-order valence-corrected chi connectivity index (χ2v) is 11.5. The number of hydrogen-bond acceptors (Lipinski definition) is 5. The number of rotatable bonds is 15. The topological polar surface area (TPSA) is 105 Å². The lowest BCUT2D eigenvalue weighted by atomic mass is 10.1. The molecule has 0 aromatic heterocycles. The molecule has 9 heteroatoms. The molecule has 8 nitrogen and oxygen atoms in total. The Kier molecular flexibility index (Phi) is 10.7. The van der Waals surface area contributed by atoms with Crippen molar-refractivity contribution in [1.82, 2.24) is 14.9 Å². The summed E-state index contributed by atoms with van der Waals surface area (Å²) < 4.78 is 33.0. The van der Waals surface area contributed by atoms with Crippen LogP contribution in [0.15, 0.2) is 59.5 Å². The zero-order valence-electron chi connectivity index (χ0n) is 22.0. The van der Waals surface area contributed by atoms with E-state index < -0.39 is 16.1 Å². The molecule has 2 aromatic carbocycles. The van der Waals surface area contributed by atoms with Gasteiger partial charge in [0, 0.05) is 32.2 Å². The highest BCUT2D eigenvalue weighted by atomic mass is 32.2. The van der Waals surface area contributed by atoms with Crippen molar-refractivity contribution in [1.29, 1.82) is 0 Å². The molecule has 2 amide bonds. The first kappa shape index (κ1) is 28.8. The minimum Gasteiger partial charge on any atom is -0.379 e. The number of sulfonamides is 1. The third-order valence-electron chi connectivity index (χ3n) is 6.19. The Labute approximate surface area is 220 Å². The highest BCUT2D eigenvalue weighted by molar-refractivity contribution is 7.89. The maximum atomic E-state index is 13.3. The minimum atomic E-state index is -3.51. The highest BCUT2D eigenvalue weighted by Crippen LogP contribution is 2.22. The zero-order chi connectivity index (χ0) is 26.8. The molecule has 0 bridgehead atoms. The van der Waals surface area contributed by atoms with E-state index in [4.69, 9.17) is 4.74 Å². The molecule has 2 aromatic rings. The number of hydrogen-bond donors (Lipinski definition) is 2. The summed E-state index contributed by atoms with van der Waals surface area (Å²) >= 11 is 0. The van der Waals surface area contributed by atoms with Crippen LogP contribution in [0.25, 0.3) is 0 Å². The fourth-order valence-electron chi connectivity index (χ4n) is 3.83. The monoisotopic (exact) mass is 529 g/mol. The Morgan fingerprint density at radius 2 is 1.68 bits per heavy atom. The number of ether oxygens (including phenoxy) is 1. The average molecular weight is 530 g/mol. The molecule has 0 radical (unpaired) electrons. The van der Waals surface area contributed by atoms with Gasteiger partial charge in [0.1, 0.15) is 6.04 Å². The summed E-state index contributed by atoms with van der Waals surface area (Å²) in [6, 6.07) is 15.6. The number of aryl methyl sites for hydroxylation is 1. The van der Waals surface area contributed by atoms with Gasteiger partial charge in [-0.05, 0) is 69.7 Å². The van der Waals surface area contributed by atoms with Crippen LogP contribution in [0.5, 0.6) is 0 Å². The first-order chi connectivity index (χ1) is 17.7. The second kappa shape index (κ2) is 13.7. The summed E-state index contributed by atoms with van der Waals surface area (Å²) in [5.41, 5.74) is 1.80. The van der Waals surface area contributed by atoms with Gasteiger partial charge in [-0.1, -0.05) is 42.5 Å². The van der Waals surface area contributed by atoms with Crippen LogP contribution < -0.4 is 10.0 Å². The van der Waals surface area contributed by atoms with Crippen molar-refractivity contribution < 1.29 is 22.7 Å². The van der Waals surface area contributed by atoms with Crippen molar-refractivity contribution in [2.75, 3.05) is 13.2 Å². The summed E-state index contributed by atoms with van der Waals surface area (Å²) in [5.74, 6) is -0.340. The van der Waals surface area contributed by atoms with E-state index >= 15 is 0 Å². The Hall–Kier alpha value is -2.75. The standard InChI is InChI=1S/C28H39N3O5S/c1-21(2)36-19-7-18-29-28(33)22(3)31(20-24-8-5-4-6-9-24)27(32)17-12-23-10-15-26(16-11-23)37(34,35)30-25-13-14-25/h4-6,8-11,15-16,21-22,25,30H,7,12-14,17-20H2,1-3H3,(H,29,33). The molecule has 2 N–H and O–H groups in total. The van der Waals surface area contributed by atoms with Gasteiger partial charge in [0.15, 0.2) is 0 Å². The van der Waals surface area contributed by atoms with Crippen molar-refractivity contribution >= 4 is 21.8 Å². The largest absolute Gasteiger partial charge is 0.379 e. The predicted octanol–water partition coefficient (Wildman–Crippen LogP) is 3.41. The number of carbonyl (C=O) groups is 2. The molecule has 0 heterocycles. The van der Waals surface area contributed by atoms with E-state index in [2.05, 4.69) is 10.0 Å². The van der Waals surface area contributed by atoms with Crippen molar-refractivity contribution in [2.45, 2.75) is 82.5 Å². The first-order valence-corrected chi connectivity index (χ1v) is 14.5. The summed E-state index contributed by atoms with van der Waals surface area (Å²) in [6.07, 6.45) is 3.25. The van der Waals surface area contributed by atoms with E-state index in [1.165, 1.54) is 0 Å². The van der Waals surface area contributed by atoms with Gasteiger partial charge in [0.05, 0.1) is 11.0 Å². The molecule has 1 aliphatic rings. The van der Waals surface area contributed by atoms with Gasteiger partial charge in [0.25, 0.3) is 0 Å². The molecule has 1 saturated carbocycles. The van der Waals surface area contributed by atoms with Crippen molar-refractivity contribution in [3.05, 3.63) is 65.7 Å². The van der Waals surface area contributed by atoms with Crippen LogP contribution in [0.1, 0.15) is 57.6 Å². The number of nitrogens with one attached hydrogen (secondary N) is 2. The van der Waals surface area contributed by atoms with Gasteiger partial charge < -0.3 is 15.0 Å². The van der Waals surface area contributed by atoms with E-state index in [1.54, 1.807) is 36.1 Å². The minimum absolute atomic E-state index is 0.0467. The fourth-order valence-corrected chi connectivity index (χ4v) is 5.14. The van der Waals surface area contributed by atoms with E-state index in [-0.39, 0.29) is 35.3 Å². The SMILES string of the molecule is CC(C)OCCCNC(=O)C(C)N(Cc1ccccc1)C(=O)CCc1ccc(S(=O)(=O)NC2CC2)cc1. The smallest absolute Gasteiger partial charge is 0.242 e. The Morgan fingerprint density at radius 1 is 1.00 bits per heavy atom. The van der Waals surface area contributed by atoms with Crippen LogP contribution in [-0.2, 0) is 37.3 Å². The molecule has 0 aliphatic heterocycles. The van der Waals surface area contributed by atoms with E-state index in [0.717, 1.165) is 24.0 Å². The van der Waals surface area contributed by atoms with Crippen LogP contribution in [0.4, 0.5) is 0 Å². The normalized spacial score (nSPS) is 14.4. The van der Waals surface area contributed by atoms with Crippen LogP contribution >= 0.6 is 0 Å². The van der Waals surface area contributed by atoms with Crippen LogP contribution in [0.3, 0.4) is 0 Å². The van der Waals surface area contributed by atoms with Gasteiger partial charge in [-0.2, -0.15) is 0 Å². The van der Waals surface area contributed by atoms with Crippen molar-refractivity contribution in [3.63, 3.8) is 0 Å². The van der Waals surface area contributed by atoms with Crippen molar-refractivity contribution in [2.24, 2.45) is 0 Å². The lowest BCUT2D eigenvalue weighted by Crippen LogP contribution is -2.48. The first-order valence-electron chi connectivity index (χ1n) is 13.0. The van der Waals surface area contributed by atoms with Gasteiger partial charge in [-0.15, -0.1) is 0 Å². The molecule has 37 heavy (non-hydrogen) atoms. The second-order valence-electron chi connectivity index (χ2n) is 9.79. The van der Waals surface area contributed by atoms with Gasteiger partial charge in [-0.3, -0.25) is 9.59 Å². The molecular weight excluding hydrogens is 490 g/mol. The van der Waals surface area contributed by atoms with Crippen molar-refractivity contribution in [3.8, 4) is 0 Å². The summed E-state index contributed by atoms with van der Waals surface area (Å²) in [7, 11) is -3.51. The zero-order valence-corrected chi connectivity index (χ0v) is 22.8. The molecule has 1 unspecified atom stereocenters. The van der Waals surface area contributed by atoms with Crippen LogP contribution in [0, 0.1) is 0 Å². The van der Waals surface area contributed by atoms with E-state index in [0.29, 0.717) is 32.5 Å². The van der Waals surface area contributed by atoms with Gasteiger partial charge >= 0.3 is 0 Å². The lowest BCUT2D eigenvalue weighted by molar-refractivity contribution is -0.140. The molecule has 0 saturated heterocycles. The Morgan fingerprint density at radius 3 is 2.30 bits per heavy atom. The number of amides is 2. The summed E-state index contributed by atoms with van der Waals surface area (Å²) in [5, 5.41) is 2.91. The fraction of sp³-hybridized carbons (Fsp3) is 0.500. The quantitative estimate of drug-likeness (QED) is 0.344. The van der Waals surface area contributed by atoms with Crippen LogP contribution in [-0.4, -0.2) is 56.5 Å². The highest BCUT2D eigenvalue weighted by Gasteiger charge is 2.28.